The van der Waals surface area contributed by atoms with Gasteiger partial charge < -0.3 is 5.32 Å². The number of rotatable bonds is 7. The smallest absolute Gasteiger partial charge is 0.261 e. The first-order chi connectivity index (χ1) is 15.9. The zero-order valence-electron chi connectivity index (χ0n) is 17.9. The molecule has 33 heavy (non-hydrogen) atoms. The maximum atomic E-state index is 13.1. The van der Waals surface area contributed by atoms with Gasteiger partial charge >= 0.3 is 0 Å². The molecule has 0 saturated heterocycles. The van der Waals surface area contributed by atoms with E-state index in [0.717, 1.165) is 9.79 Å². The van der Waals surface area contributed by atoms with Crippen LogP contribution in [0.3, 0.4) is 0 Å². The van der Waals surface area contributed by atoms with E-state index in [0.29, 0.717) is 22.5 Å². The van der Waals surface area contributed by atoms with Crippen molar-refractivity contribution in [1.29, 1.82) is 0 Å². The molecule has 0 bridgehead atoms. The normalized spacial score (nSPS) is 11.1. The van der Waals surface area contributed by atoms with Crippen LogP contribution in [0.5, 0.6) is 0 Å². The third-order valence-corrected chi connectivity index (χ3v) is 7.45. The highest BCUT2D eigenvalue weighted by Crippen LogP contribution is 2.33. The van der Waals surface area contributed by atoms with Crippen molar-refractivity contribution >= 4 is 39.1 Å². The van der Waals surface area contributed by atoms with Crippen molar-refractivity contribution in [1.82, 2.24) is 0 Å². The van der Waals surface area contributed by atoms with Gasteiger partial charge in [0.05, 0.1) is 16.3 Å². The summed E-state index contributed by atoms with van der Waals surface area (Å²) in [6.07, 6.45) is 0. The van der Waals surface area contributed by atoms with Gasteiger partial charge in [0.15, 0.2) is 0 Å². The Morgan fingerprint density at radius 3 is 2.06 bits per heavy atom. The van der Waals surface area contributed by atoms with E-state index in [1.807, 2.05) is 54.6 Å². The van der Waals surface area contributed by atoms with Gasteiger partial charge in [0, 0.05) is 15.4 Å². The molecular weight excluding hydrogens is 452 g/mol. The molecule has 0 aromatic heterocycles. The number of para-hydroxylation sites is 1. The van der Waals surface area contributed by atoms with E-state index in [2.05, 4.69) is 10.0 Å². The van der Waals surface area contributed by atoms with Crippen molar-refractivity contribution in [3.8, 4) is 0 Å². The largest absolute Gasteiger partial charge is 0.321 e. The summed E-state index contributed by atoms with van der Waals surface area (Å²) in [7, 11) is -3.76. The predicted molar refractivity (Wildman–Crippen MR) is 133 cm³/mol. The van der Waals surface area contributed by atoms with Gasteiger partial charge in [-0.25, -0.2) is 8.42 Å². The first-order valence-corrected chi connectivity index (χ1v) is 12.5. The molecule has 5 nitrogen and oxygen atoms in total. The summed E-state index contributed by atoms with van der Waals surface area (Å²) in [5.41, 5.74) is 1.98. The molecule has 7 heteroatoms. The van der Waals surface area contributed by atoms with E-state index >= 15 is 0 Å². The average Bonchev–Trinajstić information content (AvgIpc) is 2.83. The second-order valence-electron chi connectivity index (χ2n) is 7.26. The molecule has 4 rings (SSSR count). The molecule has 0 aliphatic heterocycles. The lowest BCUT2D eigenvalue weighted by Crippen LogP contribution is -2.17. The number of sulfonamides is 1. The first-order valence-electron chi connectivity index (χ1n) is 10.2. The van der Waals surface area contributed by atoms with E-state index in [1.54, 1.807) is 55.1 Å². The Labute approximate surface area is 197 Å². The Balaban J connectivity index is 1.57. The molecule has 0 saturated carbocycles. The summed E-state index contributed by atoms with van der Waals surface area (Å²) in [6, 6.07) is 30.6. The van der Waals surface area contributed by atoms with E-state index in [-0.39, 0.29) is 10.8 Å². The summed E-state index contributed by atoms with van der Waals surface area (Å²) in [5.74, 6) is -0.311. The first kappa shape index (κ1) is 22.6. The minimum absolute atomic E-state index is 0.158. The van der Waals surface area contributed by atoms with Crippen LogP contribution >= 0.6 is 11.8 Å². The van der Waals surface area contributed by atoms with Crippen molar-refractivity contribution in [2.24, 2.45) is 0 Å². The second-order valence-corrected chi connectivity index (χ2v) is 10.1. The highest BCUT2D eigenvalue weighted by molar-refractivity contribution is 7.99. The lowest BCUT2D eigenvalue weighted by molar-refractivity contribution is 0.102. The van der Waals surface area contributed by atoms with E-state index in [1.165, 1.54) is 12.1 Å². The minimum atomic E-state index is -3.76. The van der Waals surface area contributed by atoms with Gasteiger partial charge in [-0.05, 0) is 61.0 Å². The third-order valence-electron chi connectivity index (χ3n) is 4.98. The van der Waals surface area contributed by atoms with Crippen LogP contribution in [0.1, 0.15) is 15.9 Å². The number of amides is 1. The molecule has 0 unspecified atom stereocenters. The molecule has 166 valence electrons. The Bertz CT molecular complexity index is 1370. The van der Waals surface area contributed by atoms with Crippen LogP contribution in [-0.4, -0.2) is 14.3 Å². The van der Waals surface area contributed by atoms with Gasteiger partial charge in [0.2, 0.25) is 0 Å². The molecule has 0 aliphatic rings. The average molecular weight is 475 g/mol. The molecule has 0 radical (unpaired) electrons. The molecule has 0 heterocycles. The summed E-state index contributed by atoms with van der Waals surface area (Å²) >= 11 is 1.56. The van der Waals surface area contributed by atoms with Crippen LogP contribution in [0.4, 0.5) is 11.4 Å². The van der Waals surface area contributed by atoms with Crippen molar-refractivity contribution in [3.63, 3.8) is 0 Å². The minimum Gasteiger partial charge on any atom is -0.321 e. The number of carbonyl (C=O) groups excluding carboxylic acids is 1. The zero-order chi connectivity index (χ0) is 23.3. The number of hydrogen-bond donors (Lipinski definition) is 2. The van der Waals surface area contributed by atoms with Crippen LogP contribution in [0, 0.1) is 6.92 Å². The molecular formula is C26H22N2O3S2. The van der Waals surface area contributed by atoms with Crippen LogP contribution < -0.4 is 10.0 Å². The van der Waals surface area contributed by atoms with Gasteiger partial charge in [0.25, 0.3) is 15.9 Å². The van der Waals surface area contributed by atoms with Crippen molar-refractivity contribution in [3.05, 3.63) is 114 Å². The topological polar surface area (TPSA) is 75.3 Å². The third kappa shape index (κ3) is 5.45. The number of benzene rings is 4. The van der Waals surface area contributed by atoms with Crippen LogP contribution in [0.25, 0.3) is 0 Å². The predicted octanol–water partition coefficient (Wildman–Crippen LogP) is 6.20. The van der Waals surface area contributed by atoms with Gasteiger partial charge in [-0.3, -0.25) is 9.52 Å². The summed E-state index contributed by atoms with van der Waals surface area (Å²) in [6.45, 7) is 1.72. The SMILES string of the molecule is Cc1c(NS(=O)(=O)c2ccccc2)cccc1C(=O)Nc1ccccc1Sc1ccccc1. The van der Waals surface area contributed by atoms with Crippen molar-refractivity contribution in [2.75, 3.05) is 10.0 Å². The van der Waals surface area contributed by atoms with E-state index in [4.69, 9.17) is 0 Å². The molecule has 0 atom stereocenters. The Morgan fingerprint density at radius 2 is 1.33 bits per heavy atom. The van der Waals surface area contributed by atoms with Crippen molar-refractivity contribution < 1.29 is 13.2 Å². The van der Waals surface area contributed by atoms with Gasteiger partial charge in [-0.15, -0.1) is 0 Å². The van der Waals surface area contributed by atoms with Crippen LogP contribution in [0.15, 0.2) is 118 Å². The quantitative estimate of drug-likeness (QED) is 0.334. The molecule has 1 amide bonds. The highest BCUT2D eigenvalue weighted by Gasteiger charge is 2.18. The number of hydrogen-bond acceptors (Lipinski definition) is 4. The lowest BCUT2D eigenvalue weighted by Gasteiger charge is -2.15. The molecule has 4 aromatic rings. The van der Waals surface area contributed by atoms with Gasteiger partial charge in [-0.1, -0.05) is 66.4 Å². The fourth-order valence-corrected chi connectivity index (χ4v) is 5.33. The van der Waals surface area contributed by atoms with Gasteiger partial charge in [0.1, 0.15) is 0 Å². The summed E-state index contributed by atoms with van der Waals surface area (Å²) in [4.78, 5) is 15.3. The fourth-order valence-electron chi connectivity index (χ4n) is 3.26. The fraction of sp³-hybridized carbons (Fsp3) is 0.0385. The molecule has 0 fully saturated rings. The second kappa shape index (κ2) is 9.94. The Kier molecular flexibility index (Phi) is 6.82. The van der Waals surface area contributed by atoms with Crippen LogP contribution in [0.2, 0.25) is 0 Å². The number of nitrogens with one attached hydrogen (secondary N) is 2. The number of carbonyl (C=O) groups is 1. The molecule has 2 N–H and O–H groups in total. The van der Waals surface area contributed by atoms with E-state index in [9.17, 15) is 13.2 Å². The zero-order valence-corrected chi connectivity index (χ0v) is 19.5. The molecule has 4 aromatic carbocycles. The van der Waals surface area contributed by atoms with E-state index < -0.39 is 10.0 Å². The maximum Gasteiger partial charge on any atom is 0.261 e. The van der Waals surface area contributed by atoms with Crippen molar-refractivity contribution in [2.45, 2.75) is 21.6 Å². The van der Waals surface area contributed by atoms with Crippen LogP contribution in [-0.2, 0) is 10.0 Å². The standard InChI is InChI=1S/C26H22N2O3S2/c1-19-22(15-10-17-23(19)28-33(30,31)21-13-6-3-7-14-21)26(29)27-24-16-8-9-18-25(24)32-20-11-4-2-5-12-20/h2-18,28H,1H3,(H,27,29). The highest BCUT2D eigenvalue weighted by atomic mass is 32.2. The Morgan fingerprint density at radius 1 is 0.727 bits per heavy atom. The maximum absolute atomic E-state index is 13.1. The summed E-state index contributed by atoms with van der Waals surface area (Å²) in [5, 5.41) is 2.97. The Hall–Kier alpha value is -3.55. The number of anilines is 2. The molecule has 0 spiro atoms. The molecule has 0 aliphatic carbocycles. The van der Waals surface area contributed by atoms with Gasteiger partial charge in [-0.2, -0.15) is 0 Å². The lowest BCUT2D eigenvalue weighted by atomic mass is 10.1. The monoisotopic (exact) mass is 474 g/mol. The summed E-state index contributed by atoms with van der Waals surface area (Å²) < 4.78 is 28.1.